The number of aromatic nitrogens is 2. The van der Waals surface area contributed by atoms with Gasteiger partial charge in [0.05, 0.1) is 12.4 Å². The summed E-state index contributed by atoms with van der Waals surface area (Å²) in [5, 5.41) is 3.48. The molecule has 1 aromatic heterocycles. The molecule has 3 fully saturated rings. The zero-order valence-corrected chi connectivity index (χ0v) is 11.6. The molecule has 3 saturated heterocycles. The third-order valence-corrected chi connectivity index (χ3v) is 5.35. The van der Waals surface area contributed by atoms with Crippen molar-refractivity contribution in [3.8, 4) is 0 Å². The van der Waals surface area contributed by atoms with Gasteiger partial charge < -0.3 is 9.88 Å². The van der Waals surface area contributed by atoms with Gasteiger partial charge in [0, 0.05) is 36.9 Å². The Bertz CT molecular complexity index is 435. The van der Waals surface area contributed by atoms with Crippen LogP contribution >= 0.6 is 0 Å². The molecule has 104 valence electrons. The van der Waals surface area contributed by atoms with Gasteiger partial charge in [-0.25, -0.2) is 4.98 Å². The Labute approximate surface area is 115 Å². The molecule has 3 aliphatic rings. The van der Waals surface area contributed by atoms with E-state index in [1.54, 1.807) is 0 Å². The fraction of sp³-hybridized carbons (Fsp3) is 0.800. The van der Waals surface area contributed by atoms with Crippen molar-refractivity contribution in [1.29, 1.82) is 0 Å². The summed E-state index contributed by atoms with van der Waals surface area (Å²) in [5.74, 6) is 0.681. The smallest absolute Gasteiger partial charge is 0.0951 e. The molecular formula is C15H24N4. The molecule has 0 aliphatic carbocycles. The van der Waals surface area contributed by atoms with Crippen LogP contribution in [0.2, 0.25) is 0 Å². The minimum Gasteiger partial charge on any atom is -0.330 e. The van der Waals surface area contributed by atoms with Crippen molar-refractivity contribution in [2.45, 2.75) is 50.1 Å². The average molecular weight is 260 g/mol. The van der Waals surface area contributed by atoms with Crippen molar-refractivity contribution >= 4 is 0 Å². The van der Waals surface area contributed by atoms with Gasteiger partial charge in [-0.15, -0.1) is 0 Å². The number of rotatable bonds is 2. The molecule has 1 N–H and O–H groups in total. The molecule has 4 heteroatoms. The van der Waals surface area contributed by atoms with Crippen LogP contribution in [0.25, 0.3) is 0 Å². The standard InChI is InChI=1S/C15H24N4/c1-2-7-18-8-5-14(13(18)3-1)19-11-17-10-15(19)12-4-6-16-9-12/h10-14,16H,1-9H2. The molecule has 0 amide bonds. The third kappa shape index (κ3) is 2.01. The van der Waals surface area contributed by atoms with E-state index in [2.05, 4.69) is 32.3 Å². The lowest BCUT2D eigenvalue weighted by atomic mass is 9.97. The first-order valence-corrected chi connectivity index (χ1v) is 7.90. The minimum absolute atomic E-state index is 0.679. The quantitative estimate of drug-likeness (QED) is 0.879. The molecule has 0 saturated carbocycles. The summed E-state index contributed by atoms with van der Waals surface area (Å²) < 4.78 is 2.52. The van der Waals surface area contributed by atoms with Gasteiger partial charge in [0.1, 0.15) is 0 Å². The molecule has 3 atom stereocenters. The van der Waals surface area contributed by atoms with Crippen LogP contribution in [0.15, 0.2) is 12.5 Å². The predicted molar refractivity (Wildman–Crippen MR) is 75.3 cm³/mol. The lowest BCUT2D eigenvalue weighted by Crippen LogP contribution is -2.38. The maximum absolute atomic E-state index is 4.47. The molecule has 0 aromatic carbocycles. The van der Waals surface area contributed by atoms with Gasteiger partial charge in [-0.05, 0) is 38.8 Å². The van der Waals surface area contributed by atoms with Crippen LogP contribution in [0.4, 0.5) is 0 Å². The van der Waals surface area contributed by atoms with Crippen LogP contribution in [-0.4, -0.2) is 46.7 Å². The van der Waals surface area contributed by atoms with E-state index in [-0.39, 0.29) is 0 Å². The highest BCUT2D eigenvalue weighted by atomic mass is 15.3. The maximum atomic E-state index is 4.47. The largest absolute Gasteiger partial charge is 0.330 e. The molecule has 4 nitrogen and oxygen atoms in total. The number of fused-ring (bicyclic) bond motifs is 1. The molecule has 19 heavy (non-hydrogen) atoms. The Hall–Kier alpha value is -0.870. The van der Waals surface area contributed by atoms with E-state index in [9.17, 15) is 0 Å². The summed E-state index contributed by atoms with van der Waals surface area (Å²) in [6.07, 6.45) is 11.0. The second kappa shape index (κ2) is 4.91. The van der Waals surface area contributed by atoms with Crippen molar-refractivity contribution in [2.75, 3.05) is 26.2 Å². The SMILES string of the molecule is c1ncn(C2CCN3CCCCC23)c1C1CCNC1. The second-order valence-electron chi connectivity index (χ2n) is 6.37. The van der Waals surface area contributed by atoms with E-state index >= 15 is 0 Å². The normalized spacial score (nSPS) is 35.7. The molecule has 0 spiro atoms. The highest BCUT2D eigenvalue weighted by Gasteiger charge is 2.37. The van der Waals surface area contributed by atoms with E-state index in [0.29, 0.717) is 12.0 Å². The van der Waals surface area contributed by atoms with Crippen molar-refractivity contribution in [3.05, 3.63) is 18.2 Å². The Kier molecular flexibility index (Phi) is 3.08. The second-order valence-corrected chi connectivity index (χ2v) is 6.37. The molecule has 3 unspecified atom stereocenters. The fourth-order valence-corrected chi connectivity index (χ4v) is 4.36. The zero-order chi connectivity index (χ0) is 12.7. The van der Waals surface area contributed by atoms with Crippen LogP contribution in [0.5, 0.6) is 0 Å². The summed E-state index contributed by atoms with van der Waals surface area (Å²) in [4.78, 5) is 7.18. The Morgan fingerprint density at radius 1 is 1.11 bits per heavy atom. The van der Waals surface area contributed by atoms with Gasteiger partial charge in [0.25, 0.3) is 0 Å². The minimum atomic E-state index is 0.679. The van der Waals surface area contributed by atoms with Gasteiger partial charge in [-0.1, -0.05) is 6.42 Å². The zero-order valence-electron chi connectivity index (χ0n) is 11.6. The van der Waals surface area contributed by atoms with E-state index < -0.39 is 0 Å². The lowest BCUT2D eigenvalue weighted by molar-refractivity contribution is 0.172. The van der Waals surface area contributed by atoms with Gasteiger partial charge in [0.2, 0.25) is 0 Å². The van der Waals surface area contributed by atoms with Gasteiger partial charge >= 0.3 is 0 Å². The average Bonchev–Trinajstić information content (AvgIpc) is 3.17. The van der Waals surface area contributed by atoms with Gasteiger partial charge in [-0.3, -0.25) is 4.90 Å². The van der Waals surface area contributed by atoms with E-state index in [4.69, 9.17) is 0 Å². The van der Waals surface area contributed by atoms with Crippen LogP contribution < -0.4 is 5.32 Å². The lowest BCUT2D eigenvalue weighted by Gasteiger charge is -2.33. The first-order chi connectivity index (χ1) is 9.43. The number of piperidine rings is 1. The molecule has 3 aliphatic heterocycles. The molecular weight excluding hydrogens is 236 g/mol. The fourth-order valence-electron chi connectivity index (χ4n) is 4.36. The Morgan fingerprint density at radius 3 is 3.00 bits per heavy atom. The summed E-state index contributed by atoms with van der Waals surface area (Å²) in [6, 6.07) is 1.45. The van der Waals surface area contributed by atoms with Crippen LogP contribution in [0, 0.1) is 0 Å². The van der Waals surface area contributed by atoms with Crippen molar-refractivity contribution in [3.63, 3.8) is 0 Å². The highest BCUT2D eigenvalue weighted by Crippen LogP contribution is 2.37. The summed E-state index contributed by atoms with van der Waals surface area (Å²) in [7, 11) is 0. The summed E-state index contributed by atoms with van der Waals surface area (Å²) in [6.45, 7) is 4.90. The van der Waals surface area contributed by atoms with Crippen LogP contribution in [0.3, 0.4) is 0 Å². The van der Waals surface area contributed by atoms with Crippen LogP contribution in [-0.2, 0) is 0 Å². The van der Waals surface area contributed by atoms with Crippen LogP contribution in [0.1, 0.15) is 49.8 Å². The number of nitrogens with one attached hydrogen (secondary N) is 1. The van der Waals surface area contributed by atoms with Crippen molar-refractivity contribution < 1.29 is 0 Å². The van der Waals surface area contributed by atoms with E-state index in [1.165, 1.54) is 50.9 Å². The number of hydrogen-bond acceptors (Lipinski definition) is 3. The number of hydrogen-bond donors (Lipinski definition) is 1. The highest BCUT2D eigenvalue weighted by molar-refractivity contribution is 5.12. The number of imidazole rings is 1. The van der Waals surface area contributed by atoms with E-state index in [0.717, 1.165) is 19.1 Å². The maximum Gasteiger partial charge on any atom is 0.0951 e. The Morgan fingerprint density at radius 2 is 2.11 bits per heavy atom. The van der Waals surface area contributed by atoms with Gasteiger partial charge in [-0.2, -0.15) is 0 Å². The number of nitrogens with zero attached hydrogens (tertiary/aromatic N) is 3. The molecule has 0 radical (unpaired) electrons. The molecule has 4 heterocycles. The van der Waals surface area contributed by atoms with Crippen molar-refractivity contribution in [1.82, 2.24) is 19.8 Å². The van der Waals surface area contributed by atoms with Gasteiger partial charge in [0.15, 0.2) is 0 Å². The summed E-state index contributed by atoms with van der Waals surface area (Å²) >= 11 is 0. The summed E-state index contributed by atoms with van der Waals surface area (Å²) in [5.41, 5.74) is 1.47. The van der Waals surface area contributed by atoms with Crippen molar-refractivity contribution in [2.24, 2.45) is 0 Å². The third-order valence-electron chi connectivity index (χ3n) is 5.35. The molecule has 4 rings (SSSR count). The first-order valence-electron chi connectivity index (χ1n) is 7.90. The Balaban J connectivity index is 1.60. The molecule has 1 aromatic rings. The first kappa shape index (κ1) is 11.9. The molecule has 0 bridgehead atoms. The van der Waals surface area contributed by atoms with E-state index in [1.807, 2.05) is 0 Å². The topological polar surface area (TPSA) is 33.1 Å². The predicted octanol–water partition coefficient (Wildman–Crippen LogP) is 1.76. The monoisotopic (exact) mass is 260 g/mol.